The van der Waals surface area contributed by atoms with Crippen LogP contribution in [0.5, 0.6) is 5.75 Å². The van der Waals surface area contributed by atoms with Gasteiger partial charge in [0, 0.05) is 12.6 Å². The molecule has 6 nitrogen and oxygen atoms in total. The van der Waals surface area contributed by atoms with Gasteiger partial charge in [-0.3, -0.25) is 4.31 Å². The van der Waals surface area contributed by atoms with Crippen LogP contribution in [0.4, 0.5) is 5.69 Å². The smallest absolute Gasteiger partial charge is 0.264 e. The number of aromatic amines is 1. The molecule has 0 amide bonds. The van der Waals surface area contributed by atoms with Crippen molar-refractivity contribution < 1.29 is 13.2 Å². The SMILES string of the molecule is COc1ccc(N(C)S(=O)(=O)c2ccc3nc(-c4ccccc4)[nH]c3c2)cc1. The number of benzene rings is 3. The minimum atomic E-state index is -3.71. The van der Waals surface area contributed by atoms with E-state index in [9.17, 15) is 8.42 Å². The van der Waals surface area contributed by atoms with E-state index in [1.165, 1.54) is 11.4 Å². The van der Waals surface area contributed by atoms with Crippen LogP contribution < -0.4 is 9.04 Å². The number of hydrogen-bond acceptors (Lipinski definition) is 4. The maximum atomic E-state index is 13.1. The Morgan fingerprint density at radius 2 is 1.68 bits per heavy atom. The fourth-order valence-corrected chi connectivity index (χ4v) is 4.19. The molecule has 0 saturated heterocycles. The van der Waals surface area contributed by atoms with Gasteiger partial charge in [0.1, 0.15) is 11.6 Å². The molecule has 0 spiro atoms. The van der Waals surface area contributed by atoms with E-state index >= 15 is 0 Å². The van der Waals surface area contributed by atoms with Crippen LogP contribution in [0.25, 0.3) is 22.4 Å². The summed E-state index contributed by atoms with van der Waals surface area (Å²) < 4.78 is 32.5. The molecule has 142 valence electrons. The molecule has 1 heterocycles. The number of imidazole rings is 1. The lowest BCUT2D eigenvalue weighted by molar-refractivity contribution is 0.415. The first-order chi connectivity index (χ1) is 13.5. The van der Waals surface area contributed by atoms with Gasteiger partial charge in [0.2, 0.25) is 0 Å². The number of hydrogen-bond donors (Lipinski definition) is 1. The average molecular weight is 393 g/mol. The summed E-state index contributed by atoms with van der Waals surface area (Å²) in [7, 11) is -0.614. The van der Waals surface area contributed by atoms with Crippen LogP contribution in [0.2, 0.25) is 0 Å². The molecule has 0 fully saturated rings. The maximum absolute atomic E-state index is 13.1. The van der Waals surface area contributed by atoms with Crippen LogP contribution >= 0.6 is 0 Å². The summed E-state index contributed by atoms with van der Waals surface area (Å²) in [6, 6.07) is 21.5. The number of fused-ring (bicyclic) bond motifs is 1. The van der Waals surface area contributed by atoms with Crippen molar-refractivity contribution in [1.82, 2.24) is 9.97 Å². The van der Waals surface area contributed by atoms with E-state index in [2.05, 4.69) is 9.97 Å². The molecular weight excluding hydrogens is 374 g/mol. The largest absolute Gasteiger partial charge is 0.497 e. The highest BCUT2D eigenvalue weighted by atomic mass is 32.2. The van der Waals surface area contributed by atoms with Crippen LogP contribution in [0.3, 0.4) is 0 Å². The van der Waals surface area contributed by atoms with Gasteiger partial charge in [-0.05, 0) is 42.5 Å². The van der Waals surface area contributed by atoms with Gasteiger partial charge in [0.05, 0.1) is 28.7 Å². The van der Waals surface area contributed by atoms with Crippen LogP contribution in [0.15, 0.2) is 77.7 Å². The molecule has 4 rings (SSSR count). The number of aromatic nitrogens is 2. The molecule has 0 atom stereocenters. The molecule has 0 unspecified atom stereocenters. The first-order valence-corrected chi connectivity index (χ1v) is 10.1. The molecule has 0 saturated carbocycles. The predicted molar refractivity (Wildman–Crippen MR) is 110 cm³/mol. The van der Waals surface area contributed by atoms with Crippen molar-refractivity contribution in [2.45, 2.75) is 4.90 Å². The lowest BCUT2D eigenvalue weighted by Gasteiger charge is -2.19. The predicted octanol–water partition coefficient (Wildman–Crippen LogP) is 4.06. The summed E-state index contributed by atoms with van der Waals surface area (Å²) in [6.45, 7) is 0. The van der Waals surface area contributed by atoms with Crippen LogP contribution in [-0.2, 0) is 10.0 Å². The van der Waals surface area contributed by atoms with Crippen LogP contribution in [0, 0.1) is 0 Å². The first kappa shape index (κ1) is 18.1. The molecule has 0 radical (unpaired) electrons. The lowest BCUT2D eigenvalue weighted by Crippen LogP contribution is -2.26. The highest BCUT2D eigenvalue weighted by molar-refractivity contribution is 7.92. The van der Waals surface area contributed by atoms with Gasteiger partial charge in [-0.1, -0.05) is 30.3 Å². The Bertz CT molecular complexity index is 1220. The number of methoxy groups -OCH3 is 1. The van der Waals surface area contributed by atoms with Crippen molar-refractivity contribution in [3.8, 4) is 17.1 Å². The lowest BCUT2D eigenvalue weighted by atomic mass is 10.2. The minimum absolute atomic E-state index is 0.196. The number of nitrogens with zero attached hydrogens (tertiary/aromatic N) is 2. The van der Waals surface area contributed by atoms with E-state index < -0.39 is 10.0 Å². The summed E-state index contributed by atoms with van der Waals surface area (Å²) >= 11 is 0. The highest BCUT2D eigenvalue weighted by Gasteiger charge is 2.22. The molecule has 0 bridgehead atoms. The van der Waals surface area contributed by atoms with Gasteiger partial charge in [-0.25, -0.2) is 13.4 Å². The third-order valence-corrected chi connectivity index (χ3v) is 6.38. The molecule has 3 aromatic carbocycles. The average Bonchev–Trinajstić information content (AvgIpc) is 3.17. The third-order valence-electron chi connectivity index (χ3n) is 4.59. The van der Waals surface area contributed by atoms with Crippen molar-refractivity contribution in [1.29, 1.82) is 0 Å². The molecule has 0 aliphatic rings. The van der Waals surface area contributed by atoms with Gasteiger partial charge in [-0.15, -0.1) is 0 Å². The molecule has 0 aliphatic heterocycles. The van der Waals surface area contributed by atoms with Crippen LogP contribution in [0.1, 0.15) is 0 Å². The summed E-state index contributed by atoms with van der Waals surface area (Å²) in [5, 5.41) is 0. The quantitative estimate of drug-likeness (QED) is 0.555. The Morgan fingerprint density at radius 1 is 0.964 bits per heavy atom. The van der Waals surface area contributed by atoms with Crippen LogP contribution in [-0.4, -0.2) is 32.5 Å². The zero-order valence-electron chi connectivity index (χ0n) is 15.5. The van der Waals surface area contributed by atoms with E-state index in [1.807, 2.05) is 30.3 Å². The molecular formula is C21H19N3O3S. The standard InChI is InChI=1S/C21H19N3O3S/c1-24(16-8-10-17(27-2)11-9-16)28(25,26)18-12-13-19-20(14-18)23-21(22-19)15-6-4-3-5-7-15/h3-14H,1-2H3,(H,22,23). The summed E-state index contributed by atoms with van der Waals surface area (Å²) in [4.78, 5) is 7.95. The van der Waals surface area contributed by atoms with Crippen molar-refractivity contribution in [2.75, 3.05) is 18.5 Å². The molecule has 28 heavy (non-hydrogen) atoms. The fourth-order valence-electron chi connectivity index (χ4n) is 2.97. The third kappa shape index (κ3) is 3.20. The normalized spacial score (nSPS) is 11.5. The van der Waals surface area contributed by atoms with Crippen molar-refractivity contribution in [2.24, 2.45) is 0 Å². The Morgan fingerprint density at radius 3 is 2.36 bits per heavy atom. The topological polar surface area (TPSA) is 75.3 Å². The van der Waals surface area contributed by atoms with Gasteiger partial charge in [-0.2, -0.15) is 0 Å². The molecule has 7 heteroatoms. The van der Waals surface area contributed by atoms with Gasteiger partial charge < -0.3 is 9.72 Å². The molecule has 1 N–H and O–H groups in total. The Kier molecular flexibility index (Phi) is 4.52. The first-order valence-electron chi connectivity index (χ1n) is 8.67. The molecule has 4 aromatic rings. The van der Waals surface area contributed by atoms with E-state index in [1.54, 1.807) is 49.6 Å². The Balaban J connectivity index is 1.70. The monoisotopic (exact) mass is 393 g/mol. The number of sulfonamides is 1. The Hall–Kier alpha value is -3.32. The van der Waals surface area contributed by atoms with E-state index in [0.717, 1.165) is 5.56 Å². The highest BCUT2D eigenvalue weighted by Crippen LogP contribution is 2.27. The summed E-state index contributed by atoms with van der Waals surface area (Å²) in [6.07, 6.45) is 0. The molecule has 1 aromatic heterocycles. The summed E-state index contributed by atoms with van der Waals surface area (Å²) in [5.74, 6) is 1.37. The van der Waals surface area contributed by atoms with Gasteiger partial charge in [0.25, 0.3) is 10.0 Å². The maximum Gasteiger partial charge on any atom is 0.264 e. The fraction of sp³-hybridized carbons (Fsp3) is 0.0952. The van der Waals surface area contributed by atoms with E-state index in [-0.39, 0.29) is 4.90 Å². The number of rotatable bonds is 5. The second kappa shape index (κ2) is 7.01. The minimum Gasteiger partial charge on any atom is -0.497 e. The van der Waals surface area contributed by atoms with Gasteiger partial charge >= 0.3 is 0 Å². The van der Waals surface area contributed by atoms with Crippen molar-refractivity contribution >= 4 is 26.7 Å². The van der Waals surface area contributed by atoms with E-state index in [4.69, 9.17) is 4.74 Å². The van der Waals surface area contributed by atoms with Crippen molar-refractivity contribution in [3.05, 3.63) is 72.8 Å². The molecule has 0 aliphatic carbocycles. The number of nitrogens with one attached hydrogen (secondary N) is 1. The number of H-pyrrole nitrogens is 1. The Labute approximate surface area is 163 Å². The van der Waals surface area contributed by atoms with E-state index in [0.29, 0.717) is 28.3 Å². The van der Waals surface area contributed by atoms with Crippen molar-refractivity contribution in [3.63, 3.8) is 0 Å². The number of anilines is 1. The zero-order chi connectivity index (χ0) is 19.7. The zero-order valence-corrected chi connectivity index (χ0v) is 16.3. The second-order valence-corrected chi connectivity index (χ2v) is 8.27. The summed E-state index contributed by atoms with van der Waals surface area (Å²) in [5.41, 5.74) is 2.88. The van der Waals surface area contributed by atoms with Gasteiger partial charge in [0.15, 0.2) is 0 Å². The second-order valence-electron chi connectivity index (χ2n) is 6.30. The number of ether oxygens (including phenoxy) is 1.